The summed E-state index contributed by atoms with van der Waals surface area (Å²) in [7, 11) is -0.963. The highest BCUT2D eigenvalue weighted by molar-refractivity contribution is 7.89. The topological polar surface area (TPSA) is 90.0 Å². The summed E-state index contributed by atoms with van der Waals surface area (Å²) in [5, 5.41) is 2.62. The third-order valence-electron chi connectivity index (χ3n) is 6.19. The van der Waals surface area contributed by atoms with Gasteiger partial charge in [0.05, 0.1) is 10.5 Å². The fourth-order valence-electron chi connectivity index (χ4n) is 4.00. The Kier molecular flexibility index (Phi) is 8.53. The highest BCUT2D eigenvalue weighted by Gasteiger charge is 2.41. The normalized spacial score (nSPS) is 17.1. The summed E-state index contributed by atoms with van der Waals surface area (Å²) in [6, 6.07) is 9.19. The van der Waals surface area contributed by atoms with Gasteiger partial charge in [0.15, 0.2) is 0 Å². The first-order valence-corrected chi connectivity index (χ1v) is 13.2. The molecule has 2 aromatic carbocycles. The molecular formula is C25H31F3N4O4S. The van der Waals surface area contributed by atoms with Crippen molar-refractivity contribution in [2.45, 2.75) is 43.4 Å². The number of nitrogens with one attached hydrogen (secondary N) is 1. The van der Waals surface area contributed by atoms with Crippen molar-refractivity contribution in [1.82, 2.24) is 19.4 Å². The first kappa shape index (κ1) is 28.5. The highest BCUT2D eigenvalue weighted by Crippen LogP contribution is 2.29. The van der Waals surface area contributed by atoms with Crippen LogP contribution in [0.4, 0.5) is 18.0 Å². The summed E-state index contributed by atoms with van der Waals surface area (Å²) in [5.41, 5.74) is 0.566. The maximum atomic E-state index is 13.5. The second kappa shape index (κ2) is 11.1. The van der Waals surface area contributed by atoms with Crippen LogP contribution in [0.3, 0.4) is 0 Å². The molecule has 0 saturated carbocycles. The molecule has 0 radical (unpaired) electrons. The Morgan fingerprint density at radius 3 is 2.14 bits per heavy atom. The van der Waals surface area contributed by atoms with Crippen LogP contribution in [0.1, 0.15) is 36.5 Å². The van der Waals surface area contributed by atoms with Gasteiger partial charge >= 0.3 is 12.2 Å². The van der Waals surface area contributed by atoms with Crippen LogP contribution in [0.25, 0.3) is 0 Å². The van der Waals surface area contributed by atoms with E-state index >= 15 is 0 Å². The number of urea groups is 1. The number of carbonyl (C=O) groups is 2. The Bertz CT molecular complexity index is 1210. The molecule has 8 nitrogen and oxygen atoms in total. The van der Waals surface area contributed by atoms with Gasteiger partial charge in [-0.15, -0.1) is 0 Å². The fraction of sp³-hybridized carbons (Fsp3) is 0.440. The largest absolute Gasteiger partial charge is 0.416 e. The third kappa shape index (κ3) is 6.61. The van der Waals surface area contributed by atoms with E-state index in [0.29, 0.717) is 5.56 Å². The Morgan fingerprint density at radius 2 is 1.62 bits per heavy atom. The number of hydrogen-bond acceptors (Lipinski definition) is 4. The Morgan fingerprint density at radius 1 is 1.03 bits per heavy atom. The van der Waals surface area contributed by atoms with Crippen LogP contribution in [0.15, 0.2) is 53.4 Å². The number of carbonyl (C=O) groups excluding carboxylic acids is 2. The monoisotopic (exact) mass is 540 g/mol. The number of sulfonamides is 1. The number of benzene rings is 2. The maximum Gasteiger partial charge on any atom is 0.416 e. The van der Waals surface area contributed by atoms with E-state index in [1.54, 1.807) is 26.2 Å². The van der Waals surface area contributed by atoms with Crippen LogP contribution in [0.5, 0.6) is 0 Å². The average Bonchev–Trinajstić information content (AvgIpc) is 2.86. The van der Waals surface area contributed by atoms with Gasteiger partial charge in [0.2, 0.25) is 15.9 Å². The van der Waals surface area contributed by atoms with Crippen molar-refractivity contribution < 1.29 is 31.2 Å². The molecule has 1 saturated heterocycles. The van der Waals surface area contributed by atoms with Crippen LogP contribution in [-0.4, -0.2) is 74.2 Å². The van der Waals surface area contributed by atoms with E-state index in [1.807, 2.05) is 13.8 Å². The Balaban J connectivity index is 1.84. The highest BCUT2D eigenvalue weighted by atomic mass is 32.2. The number of rotatable bonds is 6. The standard InChI is InChI=1S/C25H31F3N4O4S/c1-17(2)19-7-11-21(12-8-19)37(35,36)32-14-13-31(24(34)30(3)4)16-22(32)23(33)29-15-18-5-9-20(10-6-18)25(26,27)28/h5-12,17,22H,13-16H2,1-4H3,(H,29,33). The molecule has 2 aromatic rings. The van der Waals surface area contributed by atoms with Crippen LogP contribution >= 0.6 is 0 Å². The van der Waals surface area contributed by atoms with Crippen LogP contribution in [-0.2, 0) is 27.5 Å². The van der Waals surface area contributed by atoms with Gasteiger partial charge in [0.1, 0.15) is 6.04 Å². The van der Waals surface area contributed by atoms with Gasteiger partial charge in [-0.2, -0.15) is 17.5 Å². The number of nitrogens with zero attached hydrogens (tertiary/aromatic N) is 3. The van der Waals surface area contributed by atoms with Crippen molar-refractivity contribution in [2.75, 3.05) is 33.7 Å². The van der Waals surface area contributed by atoms with E-state index in [0.717, 1.165) is 22.0 Å². The maximum absolute atomic E-state index is 13.5. The summed E-state index contributed by atoms with van der Waals surface area (Å²) in [5.74, 6) is -0.445. The fourth-order valence-corrected chi connectivity index (χ4v) is 5.57. The van der Waals surface area contributed by atoms with Crippen molar-refractivity contribution in [2.24, 2.45) is 0 Å². The molecule has 1 heterocycles. The molecule has 1 atom stereocenters. The minimum atomic E-state index is -4.48. The van der Waals surface area contributed by atoms with E-state index in [2.05, 4.69) is 5.32 Å². The van der Waals surface area contributed by atoms with Crippen molar-refractivity contribution in [3.05, 3.63) is 65.2 Å². The zero-order valence-corrected chi connectivity index (χ0v) is 21.9. The van der Waals surface area contributed by atoms with E-state index in [-0.39, 0.29) is 43.0 Å². The molecule has 0 aromatic heterocycles. The van der Waals surface area contributed by atoms with Gasteiger partial charge in [0, 0.05) is 40.3 Å². The van der Waals surface area contributed by atoms with Crippen molar-refractivity contribution in [3.8, 4) is 0 Å². The lowest BCUT2D eigenvalue weighted by Crippen LogP contribution is -2.62. The Labute approximate surface area is 215 Å². The predicted molar refractivity (Wildman–Crippen MR) is 132 cm³/mol. The van der Waals surface area contributed by atoms with Gasteiger partial charge in [0.25, 0.3) is 0 Å². The molecule has 0 spiro atoms. The molecule has 37 heavy (non-hydrogen) atoms. The molecule has 3 amide bonds. The summed E-state index contributed by atoms with van der Waals surface area (Å²) in [4.78, 5) is 28.5. The SMILES string of the molecule is CC(C)c1ccc(S(=O)(=O)N2CCN(C(=O)N(C)C)CC2C(=O)NCc2ccc(C(F)(F)F)cc2)cc1. The molecule has 1 N–H and O–H groups in total. The summed E-state index contributed by atoms with van der Waals surface area (Å²) >= 11 is 0. The summed E-state index contributed by atoms with van der Waals surface area (Å²) in [6.07, 6.45) is -4.48. The molecule has 1 unspecified atom stereocenters. The number of amides is 3. The lowest BCUT2D eigenvalue weighted by Gasteiger charge is -2.40. The first-order valence-electron chi connectivity index (χ1n) is 11.7. The second-order valence-corrected chi connectivity index (χ2v) is 11.3. The minimum Gasteiger partial charge on any atom is -0.351 e. The first-order chi connectivity index (χ1) is 17.2. The molecule has 0 bridgehead atoms. The van der Waals surface area contributed by atoms with Gasteiger partial charge in [-0.3, -0.25) is 4.79 Å². The molecule has 202 valence electrons. The van der Waals surface area contributed by atoms with Crippen molar-refractivity contribution in [1.29, 1.82) is 0 Å². The zero-order valence-electron chi connectivity index (χ0n) is 21.1. The van der Waals surface area contributed by atoms with Crippen LogP contribution in [0, 0.1) is 0 Å². The van der Waals surface area contributed by atoms with Crippen LogP contribution < -0.4 is 5.32 Å². The van der Waals surface area contributed by atoms with Crippen molar-refractivity contribution in [3.63, 3.8) is 0 Å². The molecular weight excluding hydrogens is 509 g/mol. The average molecular weight is 541 g/mol. The molecule has 0 aliphatic carbocycles. The van der Waals surface area contributed by atoms with E-state index < -0.39 is 33.7 Å². The van der Waals surface area contributed by atoms with E-state index in [1.165, 1.54) is 34.1 Å². The second-order valence-electron chi connectivity index (χ2n) is 9.39. The molecule has 12 heteroatoms. The Hall–Kier alpha value is -3.12. The number of piperazine rings is 1. The van der Waals surface area contributed by atoms with Gasteiger partial charge in [-0.1, -0.05) is 38.1 Å². The third-order valence-corrected chi connectivity index (χ3v) is 8.11. The minimum absolute atomic E-state index is 0.0322. The smallest absolute Gasteiger partial charge is 0.351 e. The number of halogens is 3. The molecule has 1 aliphatic rings. The van der Waals surface area contributed by atoms with Gasteiger partial charge < -0.3 is 15.1 Å². The zero-order chi connectivity index (χ0) is 27.5. The lowest BCUT2D eigenvalue weighted by atomic mass is 10.0. The predicted octanol–water partition coefficient (Wildman–Crippen LogP) is 3.50. The molecule has 1 fully saturated rings. The van der Waals surface area contributed by atoms with E-state index in [4.69, 9.17) is 0 Å². The number of alkyl halides is 3. The molecule has 1 aliphatic heterocycles. The summed E-state index contributed by atoms with van der Waals surface area (Å²) < 4.78 is 66.6. The molecule has 3 rings (SSSR count). The lowest BCUT2D eigenvalue weighted by molar-refractivity contribution is -0.137. The quantitative estimate of drug-likeness (QED) is 0.608. The van der Waals surface area contributed by atoms with E-state index in [9.17, 15) is 31.2 Å². The van der Waals surface area contributed by atoms with Gasteiger partial charge in [-0.25, -0.2) is 13.2 Å². The van der Waals surface area contributed by atoms with Crippen LogP contribution in [0.2, 0.25) is 0 Å². The summed E-state index contributed by atoms with van der Waals surface area (Å²) in [6.45, 7) is 3.71. The number of hydrogen-bond donors (Lipinski definition) is 1. The van der Waals surface area contributed by atoms with Gasteiger partial charge in [-0.05, 0) is 41.3 Å². The van der Waals surface area contributed by atoms with Crippen molar-refractivity contribution >= 4 is 22.0 Å².